The smallest absolute Gasteiger partial charge is 0.165 e. The third-order valence-corrected chi connectivity index (χ3v) is 7.88. The van der Waals surface area contributed by atoms with Crippen LogP contribution in [0.4, 0.5) is 24.5 Å². The number of ether oxygens (including phenoxy) is 2. The third-order valence-electron chi connectivity index (χ3n) is 6.76. The number of anilines is 2. The SMILES string of the molecule is COCCOc1cc2c(cc1F)C(c1ccccc1Cl)=NCC(=S)N2.Fc1cc2c(cc1F)C(c1ccccc1Cl)=NCC(=S)N2. The Bertz CT molecular complexity index is 1890. The zero-order valence-electron chi connectivity index (χ0n) is 24.2. The van der Waals surface area contributed by atoms with E-state index in [0.29, 0.717) is 72.7 Å². The van der Waals surface area contributed by atoms with Crippen LogP contribution in [0.5, 0.6) is 5.75 Å². The van der Waals surface area contributed by atoms with Gasteiger partial charge in [-0.05, 0) is 24.3 Å². The second kappa shape index (κ2) is 15.1. The van der Waals surface area contributed by atoms with E-state index in [4.69, 9.17) is 57.1 Å². The largest absolute Gasteiger partial charge is 0.488 e. The molecule has 0 atom stereocenters. The quantitative estimate of drug-likeness (QED) is 0.156. The standard InChI is InChI=1S/C18H16ClFN2O2S.C15H9ClF2N2S/c1-23-6-7-24-16-9-15-12(8-14(16)20)18(21-10-17(25)22-15)11-4-2-3-5-13(11)19;16-10-4-2-1-3-8(10)15-9-5-11(17)12(18)6-13(9)20-14(21)7-19-15/h2-5,8-9H,6-7,10H2,1H3,(H,22,25);1-6H,7H2,(H,20,21). The molecule has 4 aromatic rings. The lowest BCUT2D eigenvalue weighted by atomic mass is 10.00. The van der Waals surface area contributed by atoms with E-state index < -0.39 is 17.5 Å². The molecule has 2 N–H and O–H groups in total. The average Bonchev–Trinajstić information content (AvgIpc) is 3.28. The number of nitrogens with one attached hydrogen (secondary N) is 2. The maximum atomic E-state index is 14.5. The van der Waals surface area contributed by atoms with Crippen molar-refractivity contribution in [2.45, 2.75) is 0 Å². The lowest BCUT2D eigenvalue weighted by Crippen LogP contribution is -2.12. The van der Waals surface area contributed by atoms with Crippen molar-refractivity contribution in [3.8, 4) is 5.75 Å². The van der Waals surface area contributed by atoms with Gasteiger partial charge in [0.2, 0.25) is 0 Å². The van der Waals surface area contributed by atoms with E-state index in [1.54, 1.807) is 43.5 Å². The van der Waals surface area contributed by atoms with Gasteiger partial charge < -0.3 is 20.1 Å². The lowest BCUT2D eigenvalue weighted by Gasteiger charge is -2.15. The summed E-state index contributed by atoms with van der Waals surface area (Å²) in [4.78, 5) is 9.88. The lowest BCUT2D eigenvalue weighted by molar-refractivity contribution is 0.144. The topological polar surface area (TPSA) is 67.2 Å². The summed E-state index contributed by atoms with van der Waals surface area (Å²) in [6.07, 6.45) is 0. The van der Waals surface area contributed by atoms with Crippen LogP contribution in [-0.4, -0.2) is 54.8 Å². The molecule has 6 nitrogen and oxygen atoms in total. The Morgan fingerprint density at radius 1 is 0.674 bits per heavy atom. The van der Waals surface area contributed by atoms with E-state index >= 15 is 0 Å². The molecule has 236 valence electrons. The highest BCUT2D eigenvalue weighted by molar-refractivity contribution is 7.80. The number of hydrogen-bond donors (Lipinski definition) is 2. The Morgan fingerprint density at radius 2 is 1.15 bits per heavy atom. The molecule has 0 saturated heterocycles. The molecule has 0 bridgehead atoms. The van der Waals surface area contributed by atoms with E-state index in [1.165, 1.54) is 6.07 Å². The van der Waals surface area contributed by atoms with Gasteiger partial charge in [0.15, 0.2) is 23.2 Å². The number of benzodiazepines with no additional fused rings is 2. The van der Waals surface area contributed by atoms with Gasteiger partial charge in [0.1, 0.15) is 16.6 Å². The highest BCUT2D eigenvalue weighted by Crippen LogP contribution is 2.32. The number of nitrogens with zero attached hydrogens (tertiary/aromatic N) is 2. The van der Waals surface area contributed by atoms with Crippen LogP contribution in [0.3, 0.4) is 0 Å². The van der Waals surface area contributed by atoms with Crippen molar-refractivity contribution in [1.29, 1.82) is 0 Å². The summed E-state index contributed by atoms with van der Waals surface area (Å²) in [5.41, 5.74) is 4.50. The fourth-order valence-corrected chi connectivity index (χ4v) is 5.46. The minimum atomic E-state index is -0.942. The van der Waals surface area contributed by atoms with Gasteiger partial charge in [-0.1, -0.05) is 84.0 Å². The molecule has 2 aliphatic heterocycles. The van der Waals surface area contributed by atoms with Gasteiger partial charge in [0, 0.05) is 51.5 Å². The van der Waals surface area contributed by atoms with Gasteiger partial charge in [0.05, 0.1) is 42.5 Å². The van der Waals surface area contributed by atoms with Crippen LogP contribution in [0.1, 0.15) is 22.3 Å². The predicted molar refractivity (Wildman–Crippen MR) is 186 cm³/mol. The molecule has 0 unspecified atom stereocenters. The van der Waals surface area contributed by atoms with E-state index in [1.807, 2.05) is 18.2 Å². The summed E-state index contributed by atoms with van der Waals surface area (Å²) >= 11 is 22.9. The molecular weight excluding hydrogens is 676 g/mol. The van der Waals surface area contributed by atoms with Crippen molar-refractivity contribution < 1.29 is 22.6 Å². The molecule has 46 heavy (non-hydrogen) atoms. The number of benzene rings is 4. The number of hydrogen-bond acceptors (Lipinski definition) is 6. The number of rotatable bonds is 6. The number of aliphatic imine (C=N–C) groups is 2. The van der Waals surface area contributed by atoms with Crippen molar-refractivity contribution >= 4 is 80.4 Å². The van der Waals surface area contributed by atoms with Crippen LogP contribution in [0, 0.1) is 17.5 Å². The summed E-state index contributed by atoms with van der Waals surface area (Å²) in [7, 11) is 1.56. The second-order valence-electron chi connectivity index (χ2n) is 9.87. The second-order valence-corrected chi connectivity index (χ2v) is 11.7. The van der Waals surface area contributed by atoms with Crippen molar-refractivity contribution in [3.05, 3.63) is 123 Å². The van der Waals surface area contributed by atoms with Gasteiger partial charge in [-0.15, -0.1) is 0 Å². The van der Waals surface area contributed by atoms with E-state index in [2.05, 4.69) is 20.6 Å². The summed E-state index contributed by atoms with van der Waals surface area (Å²) in [6.45, 7) is 1.15. The zero-order chi connectivity index (χ0) is 32.8. The summed E-state index contributed by atoms with van der Waals surface area (Å²) < 4.78 is 51.9. The van der Waals surface area contributed by atoms with Crippen LogP contribution >= 0.6 is 47.6 Å². The van der Waals surface area contributed by atoms with Crippen LogP contribution < -0.4 is 15.4 Å². The van der Waals surface area contributed by atoms with Crippen LogP contribution in [0.2, 0.25) is 10.0 Å². The van der Waals surface area contributed by atoms with Gasteiger partial charge in [0.25, 0.3) is 0 Å². The molecule has 13 heteroatoms. The molecule has 2 aliphatic rings. The molecule has 0 spiro atoms. The van der Waals surface area contributed by atoms with E-state index in [9.17, 15) is 13.2 Å². The minimum Gasteiger partial charge on any atom is -0.488 e. The molecule has 4 aromatic carbocycles. The molecule has 0 saturated carbocycles. The van der Waals surface area contributed by atoms with Gasteiger partial charge in [-0.25, -0.2) is 13.2 Å². The highest BCUT2D eigenvalue weighted by atomic mass is 35.5. The number of thiocarbonyl (C=S) groups is 2. The van der Waals surface area contributed by atoms with E-state index in [-0.39, 0.29) is 18.9 Å². The first-order valence-corrected chi connectivity index (χ1v) is 15.4. The summed E-state index contributed by atoms with van der Waals surface area (Å²) in [5, 5.41) is 7.00. The zero-order valence-corrected chi connectivity index (χ0v) is 27.3. The van der Waals surface area contributed by atoms with Gasteiger partial charge >= 0.3 is 0 Å². The maximum absolute atomic E-state index is 14.5. The van der Waals surface area contributed by atoms with Gasteiger partial charge in [-0.2, -0.15) is 0 Å². The van der Waals surface area contributed by atoms with E-state index in [0.717, 1.165) is 17.7 Å². The first-order chi connectivity index (χ1) is 22.2. The first-order valence-electron chi connectivity index (χ1n) is 13.8. The number of fused-ring (bicyclic) bond motifs is 2. The molecule has 2 heterocycles. The predicted octanol–water partition coefficient (Wildman–Crippen LogP) is 8.30. The Labute approximate surface area is 284 Å². The molecule has 0 aliphatic carbocycles. The fourth-order valence-electron chi connectivity index (χ4n) is 4.66. The van der Waals surface area contributed by atoms with Crippen LogP contribution in [0.25, 0.3) is 0 Å². The maximum Gasteiger partial charge on any atom is 0.165 e. The van der Waals surface area contributed by atoms with Gasteiger partial charge in [-0.3, -0.25) is 9.98 Å². The van der Waals surface area contributed by atoms with Crippen molar-refractivity contribution in [1.82, 2.24) is 0 Å². The minimum absolute atomic E-state index is 0.131. The monoisotopic (exact) mass is 700 g/mol. The summed E-state index contributed by atoms with van der Waals surface area (Å²) in [5.74, 6) is -2.23. The van der Waals surface area contributed by atoms with Crippen LogP contribution in [0.15, 0.2) is 82.8 Å². The molecule has 0 fully saturated rings. The third kappa shape index (κ3) is 7.73. The molecule has 6 rings (SSSR count). The highest BCUT2D eigenvalue weighted by Gasteiger charge is 2.23. The molecule has 0 aromatic heterocycles. The molecular formula is C33H25Cl2F3N4O2S2. The molecule has 0 amide bonds. The fraction of sp³-hybridized carbons (Fsp3) is 0.152. The first kappa shape index (κ1) is 33.5. The average molecular weight is 702 g/mol. The summed E-state index contributed by atoms with van der Waals surface area (Å²) in [6, 6.07) is 19.6. The number of halogens is 5. The van der Waals surface area contributed by atoms with Crippen molar-refractivity contribution in [3.63, 3.8) is 0 Å². The normalized spacial score (nSPS) is 13.8. The van der Waals surface area contributed by atoms with Crippen molar-refractivity contribution in [2.75, 3.05) is 44.0 Å². The number of methoxy groups -OCH3 is 1. The Hall–Kier alpha value is -3.87. The molecule has 0 radical (unpaired) electrons. The van der Waals surface area contributed by atoms with Crippen LogP contribution in [-0.2, 0) is 4.74 Å². The Morgan fingerprint density at radius 3 is 1.67 bits per heavy atom. The Balaban J connectivity index is 0.000000184. The Kier molecular flexibility index (Phi) is 11.0. The van der Waals surface area contributed by atoms with Crippen molar-refractivity contribution in [2.24, 2.45) is 9.98 Å².